The van der Waals surface area contributed by atoms with E-state index in [0.29, 0.717) is 0 Å². The van der Waals surface area contributed by atoms with Gasteiger partial charge in [0.1, 0.15) is 6.33 Å². The van der Waals surface area contributed by atoms with Crippen LogP contribution in [0.3, 0.4) is 0 Å². The quantitative estimate of drug-likeness (QED) is 0.682. The van der Waals surface area contributed by atoms with Crippen molar-refractivity contribution in [2.24, 2.45) is 7.05 Å². The fourth-order valence-corrected chi connectivity index (χ4v) is 0.699. The molecule has 1 heterocycles. The molecular weight excluding hydrogens is 175 g/mol. The van der Waals surface area contributed by atoms with Crippen LogP contribution < -0.4 is 0 Å². The smallest absolute Gasteiger partial charge is 0.377 e. The highest BCUT2D eigenvalue weighted by Gasteiger charge is 2.42. The Kier molecular flexibility index (Phi) is 2.05. The molecule has 0 radical (unpaired) electrons. The average Bonchev–Trinajstić information content (AvgIpc) is 2.31. The largest absolute Gasteiger partial charge is 0.421 e. The highest BCUT2D eigenvalue weighted by atomic mass is 19.4. The van der Waals surface area contributed by atoms with Crippen molar-refractivity contribution in [3.05, 3.63) is 12.2 Å². The van der Waals surface area contributed by atoms with Gasteiger partial charge in [-0.3, -0.25) is 4.68 Å². The minimum absolute atomic E-state index is 0.512. The highest BCUT2D eigenvalue weighted by molar-refractivity contribution is 4.92. The first-order valence-corrected chi connectivity index (χ1v) is 3.01. The molecule has 12 heavy (non-hydrogen) atoms. The number of alkyl halides is 3. The number of halogens is 3. The molecule has 68 valence electrons. The second kappa shape index (κ2) is 2.74. The SMILES string of the molecule is Cn1ncnc1C(O)C(F)(F)F. The Bertz CT molecular complexity index is 269. The van der Waals surface area contributed by atoms with Gasteiger partial charge in [-0.15, -0.1) is 0 Å². The summed E-state index contributed by atoms with van der Waals surface area (Å²) in [6.07, 6.45) is -6.31. The Labute approximate surface area is 65.6 Å². The van der Waals surface area contributed by atoms with Gasteiger partial charge in [-0.2, -0.15) is 18.3 Å². The van der Waals surface area contributed by atoms with Crippen LogP contribution in [-0.4, -0.2) is 26.0 Å². The predicted octanol–water partition coefficient (Wildman–Crippen LogP) is 0.411. The maximum atomic E-state index is 11.9. The molecule has 0 aromatic carbocycles. The van der Waals surface area contributed by atoms with E-state index in [9.17, 15) is 13.2 Å². The van der Waals surface area contributed by atoms with Crippen LogP contribution in [0.4, 0.5) is 13.2 Å². The molecule has 0 saturated carbocycles. The number of aryl methyl sites for hydroxylation is 1. The molecule has 7 heteroatoms. The van der Waals surface area contributed by atoms with Gasteiger partial charge in [0.2, 0.25) is 6.10 Å². The lowest BCUT2D eigenvalue weighted by molar-refractivity contribution is -0.209. The Morgan fingerprint density at radius 2 is 2.17 bits per heavy atom. The molecule has 0 spiro atoms. The maximum Gasteiger partial charge on any atom is 0.421 e. The van der Waals surface area contributed by atoms with Gasteiger partial charge in [0.05, 0.1) is 0 Å². The van der Waals surface area contributed by atoms with Gasteiger partial charge in [0.15, 0.2) is 5.82 Å². The van der Waals surface area contributed by atoms with Crippen molar-refractivity contribution in [2.45, 2.75) is 12.3 Å². The van der Waals surface area contributed by atoms with Crippen molar-refractivity contribution in [2.75, 3.05) is 0 Å². The van der Waals surface area contributed by atoms with E-state index in [2.05, 4.69) is 10.1 Å². The van der Waals surface area contributed by atoms with Crippen LogP contribution in [0.1, 0.15) is 11.9 Å². The molecule has 4 nitrogen and oxygen atoms in total. The molecule has 1 rings (SSSR count). The first kappa shape index (κ1) is 8.98. The van der Waals surface area contributed by atoms with E-state index in [4.69, 9.17) is 5.11 Å². The minimum atomic E-state index is -4.69. The summed E-state index contributed by atoms with van der Waals surface area (Å²) in [6, 6.07) is 0. The lowest BCUT2D eigenvalue weighted by atomic mass is 10.3. The van der Waals surface area contributed by atoms with E-state index in [1.54, 1.807) is 0 Å². The van der Waals surface area contributed by atoms with Gasteiger partial charge in [-0.05, 0) is 0 Å². The fraction of sp³-hybridized carbons (Fsp3) is 0.600. The van der Waals surface area contributed by atoms with E-state index in [1.165, 1.54) is 7.05 Å². The maximum absolute atomic E-state index is 11.9. The predicted molar refractivity (Wildman–Crippen MR) is 32.0 cm³/mol. The summed E-state index contributed by atoms with van der Waals surface area (Å²) in [4.78, 5) is 3.26. The summed E-state index contributed by atoms with van der Waals surface area (Å²) in [5.74, 6) is -0.512. The summed E-state index contributed by atoms with van der Waals surface area (Å²) < 4.78 is 36.5. The van der Waals surface area contributed by atoms with Gasteiger partial charge < -0.3 is 5.11 Å². The molecule has 0 saturated heterocycles. The molecule has 1 N–H and O–H groups in total. The molecular formula is C5H6F3N3O. The van der Waals surface area contributed by atoms with Crippen molar-refractivity contribution < 1.29 is 18.3 Å². The molecule has 1 aromatic rings. The Balaban J connectivity index is 2.92. The van der Waals surface area contributed by atoms with Gasteiger partial charge in [0, 0.05) is 7.05 Å². The van der Waals surface area contributed by atoms with Crippen LogP contribution in [-0.2, 0) is 7.05 Å². The zero-order chi connectivity index (χ0) is 9.35. The molecule has 0 amide bonds. The normalized spacial score (nSPS) is 14.8. The lowest BCUT2D eigenvalue weighted by Crippen LogP contribution is -2.23. The molecule has 0 aliphatic heterocycles. The summed E-state index contributed by atoms with van der Waals surface area (Å²) in [7, 11) is 1.28. The summed E-state index contributed by atoms with van der Waals surface area (Å²) in [5, 5.41) is 12.1. The van der Waals surface area contributed by atoms with E-state index in [-0.39, 0.29) is 0 Å². The van der Waals surface area contributed by atoms with Crippen molar-refractivity contribution in [3.8, 4) is 0 Å². The topological polar surface area (TPSA) is 50.9 Å². The number of nitrogens with zero attached hydrogens (tertiary/aromatic N) is 3. The van der Waals surface area contributed by atoms with E-state index in [1.807, 2.05) is 0 Å². The molecule has 1 unspecified atom stereocenters. The highest BCUT2D eigenvalue weighted by Crippen LogP contribution is 2.30. The zero-order valence-corrected chi connectivity index (χ0v) is 6.08. The zero-order valence-electron chi connectivity index (χ0n) is 6.08. The van der Waals surface area contributed by atoms with Crippen LogP contribution in [0.15, 0.2) is 6.33 Å². The van der Waals surface area contributed by atoms with Gasteiger partial charge >= 0.3 is 6.18 Å². The molecule has 1 aromatic heterocycles. The van der Waals surface area contributed by atoms with Crippen molar-refractivity contribution in [3.63, 3.8) is 0 Å². The third-order valence-corrected chi connectivity index (χ3v) is 1.30. The summed E-state index contributed by atoms with van der Waals surface area (Å²) in [5.41, 5.74) is 0. The number of aromatic nitrogens is 3. The van der Waals surface area contributed by atoms with Crippen LogP contribution in [0.25, 0.3) is 0 Å². The van der Waals surface area contributed by atoms with E-state index in [0.717, 1.165) is 11.0 Å². The van der Waals surface area contributed by atoms with E-state index >= 15 is 0 Å². The second-order valence-electron chi connectivity index (χ2n) is 2.19. The van der Waals surface area contributed by atoms with Gasteiger partial charge in [-0.1, -0.05) is 0 Å². The standard InChI is InChI=1S/C5H6F3N3O/c1-11-4(9-2-10-11)3(12)5(6,7)8/h2-3,12H,1H3. The molecule has 0 fully saturated rings. The van der Waals surface area contributed by atoms with E-state index < -0.39 is 18.1 Å². The van der Waals surface area contributed by atoms with Crippen LogP contribution in [0.2, 0.25) is 0 Å². The first-order valence-electron chi connectivity index (χ1n) is 3.01. The Morgan fingerprint density at radius 3 is 2.50 bits per heavy atom. The van der Waals surface area contributed by atoms with Crippen LogP contribution in [0.5, 0.6) is 0 Å². The average molecular weight is 181 g/mol. The van der Waals surface area contributed by atoms with Crippen molar-refractivity contribution >= 4 is 0 Å². The number of hydrogen-bond acceptors (Lipinski definition) is 3. The summed E-state index contributed by atoms with van der Waals surface area (Å²) >= 11 is 0. The first-order chi connectivity index (χ1) is 5.43. The minimum Gasteiger partial charge on any atom is -0.377 e. The Hall–Kier alpha value is -1.11. The molecule has 0 bridgehead atoms. The fourth-order valence-electron chi connectivity index (χ4n) is 0.699. The monoisotopic (exact) mass is 181 g/mol. The van der Waals surface area contributed by atoms with Gasteiger partial charge in [-0.25, -0.2) is 4.98 Å². The number of rotatable bonds is 1. The van der Waals surface area contributed by atoms with Gasteiger partial charge in [0.25, 0.3) is 0 Å². The Morgan fingerprint density at radius 1 is 1.58 bits per heavy atom. The summed E-state index contributed by atoms with van der Waals surface area (Å²) in [6.45, 7) is 0. The third kappa shape index (κ3) is 1.55. The molecule has 0 aliphatic carbocycles. The third-order valence-electron chi connectivity index (χ3n) is 1.30. The number of aliphatic hydroxyl groups excluding tert-OH is 1. The number of aliphatic hydroxyl groups is 1. The number of hydrogen-bond donors (Lipinski definition) is 1. The van der Waals surface area contributed by atoms with Crippen molar-refractivity contribution in [1.82, 2.24) is 14.8 Å². The lowest BCUT2D eigenvalue weighted by Gasteiger charge is -2.12. The van der Waals surface area contributed by atoms with Crippen molar-refractivity contribution in [1.29, 1.82) is 0 Å². The molecule has 0 aliphatic rings. The van der Waals surface area contributed by atoms with Crippen LogP contribution in [0, 0.1) is 0 Å². The second-order valence-corrected chi connectivity index (χ2v) is 2.19. The molecule has 1 atom stereocenters. The van der Waals surface area contributed by atoms with Crippen LogP contribution >= 0.6 is 0 Å².